The average Bonchev–Trinajstić information content (AvgIpc) is 2.65. The van der Waals surface area contributed by atoms with Gasteiger partial charge in [-0.3, -0.25) is 4.79 Å². The molecule has 154 valence electrons. The molecule has 5 nitrogen and oxygen atoms in total. The number of carbonyl (C=O) groups is 1. The van der Waals surface area contributed by atoms with Gasteiger partial charge in [-0.05, 0) is 80.1 Å². The number of rotatable bonds is 5. The molecule has 1 amide bonds. The van der Waals surface area contributed by atoms with Crippen LogP contribution in [0.2, 0.25) is 5.02 Å². The summed E-state index contributed by atoms with van der Waals surface area (Å²) < 4.78 is 5.42. The predicted molar refractivity (Wildman–Crippen MR) is 119 cm³/mol. The van der Waals surface area contributed by atoms with E-state index in [1.165, 1.54) is 11.3 Å². The molecule has 0 saturated heterocycles. The maximum absolute atomic E-state index is 12.0. The third kappa shape index (κ3) is 4.91. The molecule has 6 heteroatoms. The molecule has 0 fully saturated rings. The standard InChI is InChI=1S/C23H28ClN3O2/c1-15-9-21-20(16(2)12-23(3,4)27(21)5)10-17(15)13-25-26-22(28)14-29-19-8-6-7-18(24)11-19/h6-11,13,16H,12,14H2,1-5H3,(H,26,28)/b25-13+/t16-/m1/s1. The van der Waals surface area contributed by atoms with Crippen LogP contribution in [-0.4, -0.2) is 31.3 Å². The van der Waals surface area contributed by atoms with E-state index in [-0.39, 0.29) is 18.1 Å². The van der Waals surface area contributed by atoms with Gasteiger partial charge in [0.1, 0.15) is 5.75 Å². The monoisotopic (exact) mass is 413 g/mol. The van der Waals surface area contributed by atoms with Gasteiger partial charge in [0.25, 0.3) is 5.91 Å². The molecule has 0 radical (unpaired) electrons. The molecule has 0 aliphatic carbocycles. The first kappa shape index (κ1) is 21.2. The summed E-state index contributed by atoms with van der Waals surface area (Å²) >= 11 is 5.90. The van der Waals surface area contributed by atoms with Crippen molar-refractivity contribution in [1.82, 2.24) is 5.43 Å². The molecule has 0 bridgehead atoms. The number of halogens is 1. The topological polar surface area (TPSA) is 53.9 Å². The Morgan fingerprint density at radius 3 is 2.86 bits per heavy atom. The van der Waals surface area contributed by atoms with E-state index < -0.39 is 0 Å². The summed E-state index contributed by atoms with van der Waals surface area (Å²) in [5.41, 5.74) is 7.35. The number of benzene rings is 2. The number of nitrogens with one attached hydrogen (secondary N) is 1. The van der Waals surface area contributed by atoms with Gasteiger partial charge >= 0.3 is 0 Å². The van der Waals surface area contributed by atoms with Gasteiger partial charge in [-0.1, -0.05) is 24.6 Å². The molecule has 2 aromatic rings. The first-order chi connectivity index (χ1) is 13.7. The summed E-state index contributed by atoms with van der Waals surface area (Å²) in [4.78, 5) is 14.3. The Morgan fingerprint density at radius 2 is 2.14 bits per heavy atom. The van der Waals surface area contributed by atoms with Crippen LogP contribution in [0.1, 0.15) is 49.8 Å². The molecule has 1 aliphatic rings. The van der Waals surface area contributed by atoms with Gasteiger partial charge in [-0.25, -0.2) is 5.43 Å². The second-order valence-electron chi connectivity index (χ2n) is 8.28. The highest BCUT2D eigenvalue weighted by molar-refractivity contribution is 6.30. The lowest BCUT2D eigenvalue weighted by Gasteiger charge is -2.45. The van der Waals surface area contributed by atoms with Crippen molar-refractivity contribution in [2.45, 2.75) is 45.6 Å². The SMILES string of the molecule is Cc1cc2c(cc1/C=N/NC(=O)COc1cccc(Cl)c1)[C@H](C)CC(C)(C)N2C. The lowest BCUT2D eigenvalue weighted by Crippen LogP contribution is -2.45. The highest BCUT2D eigenvalue weighted by Gasteiger charge is 2.34. The van der Waals surface area contributed by atoms with Crippen LogP contribution in [0.25, 0.3) is 0 Å². The fraction of sp³-hybridized carbons (Fsp3) is 0.391. The van der Waals surface area contributed by atoms with Crippen LogP contribution in [-0.2, 0) is 4.79 Å². The Bertz CT molecular complexity index is 940. The molecule has 3 rings (SSSR count). The fourth-order valence-electron chi connectivity index (χ4n) is 3.79. The highest BCUT2D eigenvalue weighted by Crippen LogP contribution is 2.43. The zero-order valence-electron chi connectivity index (χ0n) is 17.6. The minimum atomic E-state index is -0.327. The Kier molecular flexibility index (Phi) is 6.18. The number of aryl methyl sites for hydroxylation is 1. The third-order valence-corrected chi connectivity index (χ3v) is 5.82. The lowest BCUT2D eigenvalue weighted by molar-refractivity contribution is -0.123. The number of anilines is 1. The van der Waals surface area contributed by atoms with Gasteiger partial charge < -0.3 is 9.64 Å². The number of ether oxygens (including phenoxy) is 1. The number of hydrazone groups is 1. The summed E-state index contributed by atoms with van der Waals surface area (Å²) in [7, 11) is 2.15. The van der Waals surface area contributed by atoms with Crippen molar-refractivity contribution >= 4 is 29.4 Å². The highest BCUT2D eigenvalue weighted by atomic mass is 35.5. The van der Waals surface area contributed by atoms with Crippen molar-refractivity contribution in [3.05, 3.63) is 58.1 Å². The van der Waals surface area contributed by atoms with Crippen LogP contribution >= 0.6 is 11.6 Å². The summed E-state index contributed by atoms with van der Waals surface area (Å²) in [6.07, 6.45) is 2.78. The van der Waals surface area contributed by atoms with E-state index in [9.17, 15) is 4.79 Å². The number of fused-ring (bicyclic) bond motifs is 1. The van der Waals surface area contributed by atoms with E-state index >= 15 is 0 Å². The van der Waals surface area contributed by atoms with E-state index in [0.29, 0.717) is 16.7 Å². The second-order valence-corrected chi connectivity index (χ2v) is 8.72. The molecule has 0 saturated carbocycles. The summed E-state index contributed by atoms with van der Waals surface area (Å²) in [6, 6.07) is 11.3. The minimum absolute atomic E-state index is 0.127. The zero-order valence-corrected chi connectivity index (χ0v) is 18.4. The second kappa shape index (κ2) is 8.46. The smallest absolute Gasteiger partial charge is 0.277 e. The first-order valence-electron chi connectivity index (χ1n) is 9.76. The van der Waals surface area contributed by atoms with Gasteiger partial charge in [-0.2, -0.15) is 5.10 Å². The Hall–Kier alpha value is -2.53. The molecule has 1 aliphatic heterocycles. The van der Waals surface area contributed by atoms with Gasteiger partial charge in [0, 0.05) is 23.3 Å². The Balaban J connectivity index is 1.65. The molecule has 2 aromatic carbocycles. The number of amides is 1. The molecule has 29 heavy (non-hydrogen) atoms. The van der Waals surface area contributed by atoms with E-state index in [2.05, 4.69) is 62.3 Å². The van der Waals surface area contributed by atoms with Crippen LogP contribution < -0.4 is 15.1 Å². The van der Waals surface area contributed by atoms with E-state index in [1.807, 2.05) is 0 Å². The quantitative estimate of drug-likeness (QED) is 0.560. The zero-order chi connectivity index (χ0) is 21.2. The molecular weight excluding hydrogens is 386 g/mol. The van der Waals surface area contributed by atoms with Crippen LogP contribution in [0, 0.1) is 6.92 Å². The molecule has 1 atom stereocenters. The van der Waals surface area contributed by atoms with Crippen molar-refractivity contribution in [3.8, 4) is 5.75 Å². The normalized spacial score (nSPS) is 17.9. The van der Waals surface area contributed by atoms with Gasteiger partial charge in [-0.15, -0.1) is 0 Å². The largest absolute Gasteiger partial charge is 0.484 e. The molecule has 1 N–H and O–H groups in total. The maximum Gasteiger partial charge on any atom is 0.277 e. The van der Waals surface area contributed by atoms with Crippen molar-refractivity contribution in [2.75, 3.05) is 18.6 Å². The van der Waals surface area contributed by atoms with Gasteiger partial charge in [0.05, 0.1) is 6.21 Å². The van der Waals surface area contributed by atoms with E-state index in [0.717, 1.165) is 17.5 Å². The molecule has 0 unspecified atom stereocenters. The van der Waals surface area contributed by atoms with Gasteiger partial charge in [0.15, 0.2) is 6.61 Å². The average molecular weight is 414 g/mol. The van der Waals surface area contributed by atoms with Crippen molar-refractivity contribution in [2.24, 2.45) is 5.10 Å². The van der Waals surface area contributed by atoms with Crippen molar-refractivity contribution in [3.63, 3.8) is 0 Å². The molecule has 0 spiro atoms. The van der Waals surface area contributed by atoms with E-state index in [1.54, 1.807) is 30.5 Å². The summed E-state index contributed by atoms with van der Waals surface area (Å²) in [5.74, 6) is 0.680. The van der Waals surface area contributed by atoms with Crippen LogP contribution in [0.5, 0.6) is 5.75 Å². The molecule has 1 heterocycles. The van der Waals surface area contributed by atoms with Crippen LogP contribution in [0.3, 0.4) is 0 Å². The predicted octanol–water partition coefficient (Wildman–Crippen LogP) is 4.90. The summed E-state index contributed by atoms with van der Waals surface area (Å²) in [6.45, 7) is 8.75. The van der Waals surface area contributed by atoms with Crippen molar-refractivity contribution in [1.29, 1.82) is 0 Å². The van der Waals surface area contributed by atoms with Gasteiger partial charge in [0.2, 0.25) is 0 Å². The summed E-state index contributed by atoms with van der Waals surface area (Å²) in [5, 5.41) is 4.67. The number of hydrogen-bond donors (Lipinski definition) is 1. The minimum Gasteiger partial charge on any atom is -0.484 e. The fourth-order valence-corrected chi connectivity index (χ4v) is 3.97. The first-order valence-corrected chi connectivity index (χ1v) is 10.1. The molecule has 0 aromatic heterocycles. The van der Waals surface area contributed by atoms with Crippen LogP contribution in [0.4, 0.5) is 5.69 Å². The van der Waals surface area contributed by atoms with Crippen molar-refractivity contribution < 1.29 is 9.53 Å². The Labute approximate surface area is 177 Å². The number of carbonyl (C=O) groups excluding carboxylic acids is 1. The maximum atomic E-state index is 12.0. The van der Waals surface area contributed by atoms with E-state index in [4.69, 9.17) is 16.3 Å². The van der Waals surface area contributed by atoms with Crippen LogP contribution in [0.15, 0.2) is 41.5 Å². The number of hydrogen-bond acceptors (Lipinski definition) is 4. The Morgan fingerprint density at radius 1 is 1.38 bits per heavy atom. The lowest BCUT2D eigenvalue weighted by atomic mass is 9.79. The third-order valence-electron chi connectivity index (χ3n) is 5.58. The number of nitrogens with zero attached hydrogens (tertiary/aromatic N) is 2. The molecular formula is C23H28ClN3O2.